The van der Waals surface area contributed by atoms with Crippen molar-refractivity contribution in [1.82, 2.24) is 4.57 Å². The van der Waals surface area contributed by atoms with Crippen LogP contribution < -0.4 is 29.1 Å². The molecule has 0 amide bonds. The second kappa shape index (κ2) is 14.6. The van der Waals surface area contributed by atoms with Crippen LogP contribution >= 0.6 is 72.4 Å². The second-order valence-electron chi connectivity index (χ2n) is 8.93. The van der Waals surface area contributed by atoms with Gasteiger partial charge in [-0.05, 0) is 102 Å². The first kappa shape index (κ1) is 33.5. The Morgan fingerprint density at radius 3 is 2.40 bits per heavy atom. The Bertz CT molecular complexity index is 1800. The molecule has 1 aliphatic heterocycles. The average Bonchev–Trinajstić information content (AvgIpc) is 3.25. The van der Waals surface area contributed by atoms with Crippen molar-refractivity contribution in [2.45, 2.75) is 26.8 Å². The zero-order valence-corrected chi connectivity index (χ0v) is 30.5. The monoisotopic (exact) mass is 896 g/mol. The lowest BCUT2D eigenvalue weighted by Gasteiger charge is -2.26. The largest absolute Gasteiger partial charge is 0.493 e. The van der Waals surface area contributed by atoms with E-state index in [1.165, 1.54) is 30.1 Å². The molecule has 43 heavy (non-hydrogen) atoms. The molecule has 2 aromatic carbocycles. The fourth-order valence-corrected chi connectivity index (χ4v) is 8.10. The standard InChI is InChI=1S/C29H27BrI2N2O8S/c1-6-40-23(35)13-42-26-15(8-16(31)10-19(26)32)9-22-27(36)34-25(17-11-20(38-4)21(39-5)12-18(17)30)24(28(37)41-7-2)14(3)33-29(34)43-22/h8-12,25H,6-7,13H2,1-5H3/b22-9-/t25-/m0/s1. The number of nitrogens with zero attached hydrogens (tertiary/aromatic N) is 2. The van der Waals surface area contributed by atoms with E-state index in [-0.39, 0.29) is 31.0 Å². The summed E-state index contributed by atoms with van der Waals surface area (Å²) in [6.07, 6.45) is 1.71. The van der Waals surface area contributed by atoms with E-state index in [0.717, 1.165) is 7.14 Å². The highest BCUT2D eigenvalue weighted by atomic mass is 127. The van der Waals surface area contributed by atoms with Gasteiger partial charge >= 0.3 is 11.9 Å². The lowest BCUT2D eigenvalue weighted by atomic mass is 9.95. The molecule has 228 valence electrons. The van der Waals surface area contributed by atoms with Gasteiger partial charge in [0.15, 0.2) is 22.9 Å². The highest BCUT2D eigenvalue weighted by Gasteiger charge is 2.35. The Kier molecular flexibility index (Phi) is 11.3. The number of ether oxygens (including phenoxy) is 5. The lowest BCUT2D eigenvalue weighted by Crippen LogP contribution is -2.40. The van der Waals surface area contributed by atoms with E-state index in [2.05, 4.69) is 66.1 Å². The Balaban J connectivity index is 1.96. The van der Waals surface area contributed by atoms with Crippen LogP contribution in [0.25, 0.3) is 6.08 Å². The first-order chi connectivity index (χ1) is 20.5. The molecule has 0 aliphatic carbocycles. The normalized spacial score (nSPS) is 14.6. The predicted octanol–water partition coefficient (Wildman–Crippen LogP) is 4.73. The lowest BCUT2D eigenvalue weighted by molar-refractivity contribution is -0.145. The number of aromatic nitrogens is 1. The number of esters is 2. The van der Waals surface area contributed by atoms with Gasteiger partial charge in [-0.25, -0.2) is 14.6 Å². The van der Waals surface area contributed by atoms with E-state index in [1.807, 2.05) is 12.1 Å². The SMILES string of the molecule is CCOC(=O)COc1c(I)cc(I)cc1/C=c1\sc2n(c1=O)[C@@H](c1cc(OC)c(OC)cc1Br)C(C(=O)OCC)=C(C)N=2. The highest BCUT2D eigenvalue weighted by Crippen LogP contribution is 2.41. The van der Waals surface area contributed by atoms with Crippen LogP contribution in [0.4, 0.5) is 0 Å². The summed E-state index contributed by atoms with van der Waals surface area (Å²) in [6, 6.07) is 6.35. The topological polar surface area (TPSA) is 115 Å². The van der Waals surface area contributed by atoms with Crippen LogP contribution in [-0.2, 0) is 19.1 Å². The molecule has 10 nitrogen and oxygen atoms in total. The van der Waals surface area contributed by atoms with E-state index in [0.29, 0.717) is 47.9 Å². The summed E-state index contributed by atoms with van der Waals surface area (Å²) in [5.41, 5.74) is 1.49. The molecule has 4 rings (SSSR count). The molecule has 0 spiro atoms. The fraction of sp³-hybridized carbons (Fsp3) is 0.310. The van der Waals surface area contributed by atoms with Crippen molar-refractivity contribution in [2.75, 3.05) is 34.0 Å². The van der Waals surface area contributed by atoms with Crippen LogP contribution in [0.1, 0.15) is 37.9 Å². The maximum Gasteiger partial charge on any atom is 0.344 e. The third kappa shape index (κ3) is 7.12. The molecule has 14 heteroatoms. The van der Waals surface area contributed by atoms with Gasteiger partial charge in [0.2, 0.25) is 0 Å². The number of allylic oxidation sites excluding steroid dienone is 1. The van der Waals surface area contributed by atoms with Crippen LogP contribution in [0.15, 0.2) is 49.8 Å². The van der Waals surface area contributed by atoms with Crippen molar-refractivity contribution >= 4 is 90.5 Å². The van der Waals surface area contributed by atoms with E-state index >= 15 is 0 Å². The highest BCUT2D eigenvalue weighted by molar-refractivity contribution is 14.1. The zero-order valence-electron chi connectivity index (χ0n) is 23.8. The number of hydrogen-bond acceptors (Lipinski definition) is 10. The summed E-state index contributed by atoms with van der Waals surface area (Å²) in [4.78, 5) is 44.5. The Morgan fingerprint density at radius 1 is 1.07 bits per heavy atom. The average molecular weight is 897 g/mol. The van der Waals surface area contributed by atoms with Crippen molar-refractivity contribution in [3.63, 3.8) is 0 Å². The molecule has 0 saturated carbocycles. The number of rotatable bonds is 10. The summed E-state index contributed by atoms with van der Waals surface area (Å²) < 4.78 is 31.4. The Hall–Kier alpha value is -2.44. The number of hydrogen-bond donors (Lipinski definition) is 0. The van der Waals surface area contributed by atoms with E-state index in [4.69, 9.17) is 23.7 Å². The summed E-state index contributed by atoms with van der Waals surface area (Å²) in [5.74, 6) is 0.281. The summed E-state index contributed by atoms with van der Waals surface area (Å²) in [6.45, 7) is 5.27. The van der Waals surface area contributed by atoms with Gasteiger partial charge in [0, 0.05) is 13.6 Å². The Morgan fingerprint density at radius 2 is 1.74 bits per heavy atom. The van der Waals surface area contributed by atoms with Gasteiger partial charge in [-0.3, -0.25) is 9.36 Å². The number of carbonyl (C=O) groups excluding carboxylic acids is 2. The number of carbonyl (C=O) groups is 2. The maximum atomic E-state index is 14.2. The number of benzene rings is 2. The molecule has 0 unspecified atom stereocenters. The van der Waals surface area contributed by atoms with Crippen molar-refractivity contribution in [3.8, 4) is 17.2 Å². The maximum absolute atomic E-state index is 14.2. The number of thiazole rings is 1. The third-order valence-corrected chi connectivity index (χ3v) is 9.37. The molecule has 1 atom stereocenters. The van der Waals surface area contributed by atoms with E-state index in [1.54, 1.807) is 39.0 Å². The van der Waals surface area contributed by atoms with Gasteiger partial charge < -0.3 is 23.7 Å². The van der Waals surface area contributed by atoms with Crippen molar-refractivity contribution in [2.24, 2.45) is 4.99 Å². The number of halogens is 3. The summed E-state index contributed by atoms with van der Waals surface area (Å²) in [7, 11) is 3.04. The van der Waals surface area contributed by atoms with Crippen LogP contribution in [0.2, 0.25) is 0 Å². The van der Waals surface area contributed by atoms with Crippen LogP contribution in [0.5, 0.6) is 17.2 Å². The van der Waals surface area contributed by atoms with Gasteiger partial charge in [-0.2, -0.15) is 0 Å². The zero-order chi connectivity index (χ0) is 31.4. The van der Waals surface area contributed by atoms with Gasteiger partial charge in [0.25, 0.3) is 5.56 Å². The smallest absolute Gasteiger partial charge is 0.344 e. The molecule has 3 aromatic rings. The number of fused-ring (bicyclic) bond motifs is 1. The second-order valence-corrected chi connectivity index (χ2v) is 13.2. The van der Waals surface area contributed by atoms with Crippen molar-refractivity contribution < 1.29 is 33.3 Å². The number of methoxy groups -OCH3 is 2. The van der Waals surface area contributed by atoms with Gasteiger partial charge in [-0.1, -0.05) is 27.3 Å². The van der Waals surface area contributed by atoms with Crippen LogP contribution in [0.3, 0.4) is 0 Å². The summed E-state index contributed by atoms with van der Waals surface area (Å²) in [5, 5.41) is 0. The van der Waals surface area contributed by atoms with Crippen molar-refractivity contribution in [1.29, 1.82) is 0 Å². The van der Waals surface area contributed by atoms with Crippen molar-refractivity contribution in [3.05, 3.63) is 78.0 Å². The molecule has 0 saturated heterocycles. The molecular weight excluding hydrogens is 870 g/mol. The van der Waals surface area contributed by atoms with E-state index in [9.17, 15) is 14.4 Å². The minimum atomic E-state index is -0.873. The molecule has 0 N–H and O–H groups in total. The van der Waals surface area contributed by atoms with Gasteiger partial charge in [0.1, 0.15) is 5.75 Å². The Labute approximate surface area is 287 Å². The molecule has 2 heterocycles. The molecule has 0 bridgehead atoms. The molecule has 1 aromatic heterocycles. The minimum Gasteiger partial charge on any atom is -0.493 e. The first-order valence-corrected chi connectivity index (χ1v) is 16.7. The van der Waals surface area contributed by atoms with Gasteiger partial charge in [0.05, 0.1) is 52.8 Å². The quantitative estimate of drug-likeness (QED) is 0.212. The van der Waals surface area contributed by atoms with E-state index < -0.39 is 18.0 Å². The third-order valence-electron chi connectivity index (χ3n) is 6.28. The molecular formula is C29H27BrI2N2O8S. The van der Waals surface area contributed by atoms with Gasteiger partial charge in [-0.15, -0.1) is 0 Å². The molecule has 0 fully saturated rings. The minimum absolute atomic E-state index is 0.152. The predicted molar refractivity (Wildman–Crippen MR) is 182 cm³/mol. The molecule has 1 aliphatic rings. The first-order valence-electron chi connectivity index (χ1n) is 12.9. The fourth-order valence-electron chi connectivity index (χ4n) is 4.48. The molecule has 0 radical (unpaired) electrons. The summed E-state index contributed by atoms with van der Waals surface area (Å²) >= 11 is 9.10. The van der Waals surface area contributed by atoms with Crippen LogP contribution in [-0.4, -0.2) is 50.5 Å². The van der Waals surface area contributed by atoms with Crippen LogP contribution in [0, 0.1) is 7.14 Å².